The number of carbonyl (C=O) groups excluding carboxylic acids is 3. The molecule has 79 heavy (non-hydrogen) atoms. The summed E-state index contributed by atoms with van der Waals surface area (Å²) in [5, 5.41) is 55.1. The number of phenols is 2. The summed E-state index contributed by atoms with van der Waals surface area (Å²) >= 11 is 0. The van der Waals surface area contributed by atoms with Gasteiger partial charge in [0.15, 0.2) is 0 Å². The standard InChI is InChI=1S/C36H54N2O2.C11H22O5.C7H16O2.C3H6O.C2H4O3.CO2.CH4.Co/c1-33(2,3)25-17-23(31(39)27(19-25)35(7,8)9)21-37-29-15-13-14-16-30(29)38-22-24-18-26(34(4,5)6)20-28(32(24)40)36(10,11)12;1-4-5-6-14-8-10(3)16-11(13)15-7-9(2)12;1-3-4-5-9-6-7(2)8;1-3-2-4-3;3-1-2(4)5;2-1-3;;/h17-22,29-30,39-40H,13-16H2,1-12H3;9-10,12H,4-8H2,1-3H3;7-8H,3-6H2,1-2H3;3H,2H2,1H3;3H,1H2,(H,4,5);;1H4;. The Balaban J connectivity index is -0.000000586. The van der Waals surface area contributed by atoms with Gasteiger partial charge in [-0.2, -0.15) is 9.59 Å². The summed E-state index contributed by atoms with van der Waals surface area (Å²) in [4.78, 5) is 46.5. The maximum Gasteiger partial charge on any atom is 0.508 e. The fourth-order valence-corrected chi connectivity index (χ4v) is 6.82. The van der Waals surface area contributed by atoms with Crippen molar-refractivity contribution in [3.8, 4) is 11.5 Å². The number of aromatic hydroxyl groups is 2. The van der Waals surface area contributed by atoms with E-state index in [1.807, 2.05) is 12.4 Å². The number of aliphatic hydroxyl groups excluding tert-OH is 3. The number of benzene rings is 2. The van der Waals surface area contributed by atoms with Crippen molar-refractivity contribution < 1.29 is 90.3 Å². The second-order valence-corrected chi connectivity index (χ2v) is 23.7. The molecule has 0 aromatic heterocycles. The Hall–Kier alpha value is -4.23. The minimum absolute atomic E-state index is 0. The number of carboxylic acid groups (broad SMARTS) is 1. The van der Waals surface area contributed by atoms with E-state index >= 15 is 0 Å². The number of hydrogen-bond donors (Lipinski definition) is 6. The van der Waals surface area contributed by atoms with E-state index in [0.29, 0.717) is 37.4 Å². The van der Waals surface area contributed by atoms with Gasteiger partial charge >= 0.3 is 18.3 Å². The molecule has 2 aromatic carbocycles. The van der Waals surface area contributed by atoms with Crippen LogP contribution in [0.2, 0.25) is 0 Å². The molecule has 4 rings (SSSR count). The molecular weight excluding hydrogens is 1060 g/mol. The van der Waals surface area contributed by atoms with Gasteiger partial charge in [-0.05, 0) is 98.3 Å². The number of ether oxygens (including phenoxy) is 5. The number of nitrogens with zero attached hydrogens (tertiary/aromatic N) is 2. The van der Waals surface area contributed by atoms with Crippen LogP contribution in [0.5, 0.6) is 11.5 Å². The van der Waals surface area contributed by atoms with Gasteiger partial charge in [0.05, 0.1) is 50.2 Å². The Morgan fingerprint density at radius 1 is 0.696 bits per heavy atom. The molecular formula is C61H106CoN2O15. The summed E-state index contributed by atoms with van der Waals surface area (Å²) in [5.41, 5.74) is 5.39. The van der Waals surface area contributed by atoms with E-state index in [1.54, 1.807) is 13.8 Å². The van der Waals surface area contributed by atoms with Crippen molar-refractivity contribution in [3.63, 3.8) is 0 Å². The number of aliphatic imine (C=N–C) groups is 2. The van der Waals surface area contributed by atoms with Gasteiger partial charge in [-0.3, -0.25) is 9.98 Å². The molecule has 6 unspecified atom stereocenters. The van der Waals surface area contributed by atoms with Gasteiger partial charge in [-0.15, -0.1) is 0 Å². The molecule has 6 atom stereocenters. The van der Waals surface area contributed by atoms with Crippen molar-refractivity contribution in [3.05, 3.63) is 57.6 Å². The quantitative estimate of drug-likeness (QED) is 0.0351. The van der Waals surface area contributed by atoms with Gasteiger partial charge in [0, 0.05) is 64.7 Å². The number of aliphatic hydroxyl groups is 3. The third kappa shape index (κ3) is 38.9. The molecule has 0 bridgehead atoms. The van der Waals surface area contributed by atoms with Crippen LogP contribution in [0.1, 0.15) is 217 Å². The van der Waals surface area contributed by atoms with Crippen LogP contribution in [0.15, 0.2) is 34.3 Å². The molecule has 1 saturated carbocycles. The SMILES string of the molecule is C.CC(C)(C)c1cc(C=NC2CCCCC2N=Cc2cc(C(C)(C)C)cc(C(C)(C)C)c2O)c(O)c(C(C)(C)C)c1.CC1CO1.CCCCOCC(C)O.CCCCOCC(C)OC(=O)OCC(C)O.O=C(O)CO.O=C=O.[Co]. The van der Waals surface area contributed by atoms with E-state index in [2.05, 4.69) is 133 Å². The van der Waals surface area contributed by atoms with E-state index in [1.165, 1.54) is 18.1 Å². The summed E-state index contributed by atoms with van der Waals surface area (Å²) in [6, 6.07) is 8.53. The van der Waals surface area contributed by atoms with Crippen LogP contribution >= 0.6 is 0 Å². The zero-order valence-corrected chi connectivity index (χ0v) is 51.7. The largest absolute Gasteiger partial charge is 0.508 e. The molecule has 18 heteroatoms. The van der Waals surface area contributed by atoms with Crippen molar-refractivity contribution in [2.45, 2.75) is 242 Å². The van der Waals surface area contributed by atoms with Gasteiger partial charge in [-0.25, -0.2) is 9.59 Å². The van der Waals surface area contributed by atoms with Crippen molar-refractivity contribution in [2.75, 3.05) is 46.2 Å². The van der Waals surface area contributed by atoms with Crippen LogP contribution in [-0.4, -0.2) is 144 Å². The molecule has 1 aliphatic heterocycles. The first kappa shape index (κ1) is 81.2. The van der Waals surface area contributed by atoms with Crippen LogP contribution in [0.3, 0.4) is 0 Å². The molecule has 459 valence electrons. The molecule has 2 fully saturated rings. The van der Waals surface area contributed by atoms with E-state index in [0.717, 1.165) is 86.8 Å². The van der Waals surface area contributed by atoms with Crippen LogP contribution < -0.4 is 0 Å². The summed E-state index contributed by atoms with van der Waals surface area (Å²) in [6.45, 7) is 39.7. The predicted molar refractivity (Wildman–Crippen MR) is 311 cm³/mol. The molecule has 1 radical (unpaired) electrons. The number of epoxide rings is 1. The van der Waals surface area contributed by atoms with Gasteiger partial charge in [-0.1, -0.05) is 142 Å². The topological polar surface area (TPSA) is 264 Å². The van der Waals surface area contributed by atoms with Crippen LogP contribution in [0, 0.1) is 0 Å². The van der Waals surface area contributed by atoms with Crippen LogP contribution in [0.4, 0.5) is 4.79 Å². The number of rotatable bonds is 18. The molecule has 1 aliphatic carbocycles. The van der Waals surface area contributed by atoms with Crippen molar-refractivity contribution in [1.82, 2.24) is 0 Å². The van der Waals surface area contributed by atoms with Gasteiger partial charge < -0.3 is 54.3 Å². The summed E-state index contributed by atoms with van der Waals surface area (Å²) in [7, 11) is 0. The number of phenolic OH excluding ortho intramolecular Hbond substituents is 2. The molecule has 6 N–H and O–H groups in total. The van der Waals surface area contributed by atoms with E-state index in [9.17, 15) is 15.0 Å². The number of hydrogen-bond acceptors (Lipinski definition) is 16. The molecule has 0 spiro atoms. The third-order valence-corrected chi connectivity index (χ3v) is 11.5. The molecule has 17 nitrogen and oxygen atoms in total. The van der Waals surface area contributed by atoms with E-state index < -0.39 is 24.8 Å². The average molecular weight is 1170 g/mol. The second kappa shape index (κ2) is 41.7. The Bertz CT molecular complexity index is 1960. The molecule has 1 heterocycles. The first-order valence-electron chi connectivity index (χ1n) is 27.2. The molecule has 0 amide bonds. The number of unbranched alkanes of at least 4 members (excludes halogenated alkanes) is 2. The molecule has 2 aromatic rings. The van der Waals surface area contributed by atoms with Crippen LogP contribution in [-0.2, 0) is 76.5 Å². The summed E-state index contributed by atoms with van der Waals surface area (Å²) < 4.78 is 24.6. The first-order valence-corrected chi connectivity index (χ1v) is 27.2. The van der Waals surface area contributed by atoms with Crippen LogP contribution in [0.25, 0.3) is 0 Å². The zero-order valence-electron chi connectivity index (χ0n) is 50.6. The average Bonchev–Trinajstić information content (AvgIpc) is 4.11. The second-order valence-electron chi connectivity index (χ2n) is 23.7. The minimum Gasteiger partial charge on any atom is -0.507 e. The fourth-order valence-electron chi connectivity index (χ4n) is 6.82. The van der Waals surface area contributed by atoms with Gasteiger partial charge in [0.1, 0.15) is 30.8 Å². The van der Waals surface area contributed by atoms with Gasteiger partial charge in [0.2, 0.25) is 0 Å². The Morgan fingerprint density at radius 3 is 1.32 bits per heavy atom. The predicted octanol–water partition coefficient (Wildman–Crippen LogP) is 11.6. The number of aliphatic carboxylic acids is 1. The Kier molecular flexibility index (Phi) is 42.9. The Labute approximate surface area is 485 Å². The van der Waals surface area contributed by atoms with Gasteiger partial charge in [0.25, 0.3) is 0 Å². The summed E-state index contributed by atoms with van der Waals surface area (Å²) in [5.74, 6) is -0.553. The number of carbonyl (C=O) groups is 2. The fraction of sp³-hybridized carbons (Fsp3) is 0.721. The third-order valence-electron chi connectivity index (χ3n) is 11.5. The van der Waals surface area contributed by atoms with Crippen molar-refractivity contribution in [1.29, 1.82) is 0 Å². The zero-order chi connectivity index (χ0) is 59.7. The Morgan fingerprint density at radius 2 is 1.04 bits per heavy atom. The summed E-state index contributed by atoms with van der Waals surface area (Å²) in [6.07, 6.45) is 11.0. The minimum atomic E-state index is -1.19. The van der Waals surface area contributed by atoms with Crippen molar-refractivity contribution >= 4 is 30.7 Å². The van der Waals surface area contributed by atoms with E-state index in [-0.39, 0.29) is 82.9 Å². The molecule has 1 saturated heterocycles. The maximum absolute atomic E-state index is 11.2. The van der Waals surface area contributed by atoms with E-state index in [4.69, 9.17) is 63.7 Å². The molecule has 2 aliphatic rings. The number of carboxylic acids is 1. The normalized spacial score (nSPS) is 16.9. The monoisotopic (exact) mass is 1170 g/mol. The maximum atomic E-state index is 11.2. The first-order chi connectivity index (χ1) is 35.6. The van der Waals surface area contributed by atoms with Crippen molar-refractivity contribution in [2.24, 2.45) is 9.98 Å². The smallest absolute Gasteiger partial charge is 0.507 e.